The fourth-order valence-corrected chi connectivity index (χ4v) is 1.85. The lowest BCUT2D eigenvalue weighted by Gasteiger charge is -2.20. The van der Waals surface area contributed by atoms with E-state index in [4.69, 9.17) is 4.74 Å². The van der Waals surface area contributed by atoms with Crippen molar-refractivity contribution in [3.63, 3.8) is 0 Å². The van der Waals surface area contributed by atoms with Crippen LogP contribution in [0.15, 0.2) is 60.7 Å². The van der Waals surface area contributed by atoms with Crippen LogP contribution < -0.4 is 0 Å². The summed E-state index contributed by atoms with van der Waals surface area (Å²) in [5.41, 5.74) is 2.04. The summed E-state index contributed by atoms with van der Waals surface area (Å²) in [6, 6.07) is 19.4. The highest BCUT2D eigenvalue weighted by atomic mass is 16.6. The minimum atomic E-state index is -0.340. The third kappa shape index (κ3) is 4.12. The Labute approximate surface area is 119 Å². The Bertz CT molecular complexity index is 525. The average molecular weight is 268 g/mol. The monoisotopic (exact) mass is 268 g/mol. The lowest BCUT2D eigenvalue weighted by Crippen LogP contribution is -2.30. The summed E-state index contributed by atoms with van der Waals surface area (Å²) in [6.07, 6.45) is -0.340. The second kappa shape index (κ2) is 7.34. The van der Waals surface area contributed by atoms with Gasteiger partial charge in [0.2, 0.25) is 0 Å². The molecule has 0 spiro atoms. The van der Waals surface area contributed by atoms with Gasteiger partial charge in [0.1, 0.15) is 6.61 Å². The van der Waals surface area contributed by atoms with Crippen LogP contribution in [0.25, 0.3) is 0 Å². The predicted octanol–water partition coefficient (Wildman–Crippen LogP) is 3.66. The fraction of sp³-hybridized carbons (Fsp3) is 0.176. The van der Waals surface area contributed by atoms with E-state index in [1.165, 1.54) is 0 Å². The van der Waals surface area contributed by atoms with Crippen molar-refractivity contribution < 1.29 is 9.53 Å². The zero-order valence-corrected chi connectivity index (χ0v) is 11.4. The van der Waals surface area contributed by atoms with E-state index in [0.29, 0.717) is 13.1 Å². The SMILES string of the molecule is [CH2]CN(Cc1ccccc1)C(=O)OCc1ccccc1. The first-order valence-electron chi connectivity index (χ1n) is 6.58. The normalized spacial score (nSPS) is 10.1. The van der Waals surface area contributed by atoms with E-state index in [0.717, 1.165) is 11.1 Å². The van der Waals surface area contributed by atoms with Crippen molar-refractivity contribution in [2.45, 2.75) is 13.2 Å². The van der Waals surface area contributed by atoms with Crippen LogP contribution >= 0.6 is 0 Å². The summed E-state index contributed by atoms with van der Waals surface area (Å²) in [4.78, 5) is 13.6. The van der Waals surface area contributed by atoms with Gasteiger partial charge in [-0.3, -0.25) is 0 Å². The van der Waals surface area contributed by atoms with E-state index in [9.17, 15) is 4.79 Å². The van der Waals surface area contributed by atoms with Gasteiger partial charge >= 0.3 is 6.09 Å². The largest absolute Gasteiger partial charge is 0.445 e. The van der Waals surface area contributed by atoms with E-state index in [-0.39, 0.29) is 12.7 Å². The van der Waals surface area contributed by atoms with Crippen molar-refractivity contribution in [2.24, 2.45) is 0 Å². The Balaban J connectivity index is 1.89. The summed E-state index contributed by atoms with van der Waals surface area (Å²) in [5.74, 6) is 0. The molecule has 2 rings (SSSR count). The molecule has 103 valence electrons. The van der Waals surface area contributed by atoms with Crippen molar-refractivity contribution in [3.05, 3.63) is 78.7 Å². The number of carbonyl (C=O) groups excluding carboxylic acids is 1. The topological polar surface area (TPSA) is 29.5 Å². The minimum Gasteiger partial charge on any atom is -0.445 e. The van der Waals surface area contributed by atoms with Gasteiger partial charge < -0.3 is 9.64 Å². The van der Waals surface area contributed by atoms with Crippen molar-refractivity contribution >= 4 is 6.09 Å². The van der Waals surface area contributed by atoms with Gasteiger partial charge in [0.25, 0.3) is 0 Å². The van der Waals surface area contributed by atoms with Gasteiger partial charge in [-0.1, -0.05) is 60.7 Å². The van der Waals surface area contributed by atoms with E-state index in [2.05, 4.69) is 6.92 Å². The molecule has 0 fully saturated rings. The molecule has 0 atom stereocenters. The maximum Gasteiger partial charge on any atom is 0.410 e. The molecule has 0 saturated carbocycles. The third-order valence-electron chi connectivity index (χ3n) is 2.95. The van der Waals surface area contributed by atoms with Crippen molar-refractivity contribution in [1.82, 2.24) is 4.90 Å². The van der Waals surface area contributed by atoms with Crippen LogP contribution in [0.5, 0.6) is 0 Å². The molecule has 0 aliphatic carbocycles. The second-order valence-corrected chi connectivity index (χ2v) is 4.45. The van der Waals surface area contributed by atoms with Crippen LogP contribution in [0, 0.1) is 6.92 Å². The summed E-state index contributed by atoms with van der Waals surface area (Å²) < 4.78 is 5.30. The number of amides is 1. The van der Waals surface area contributed by atoms with Gasteiger partial charge in [0.15, 0.2) is 0 Å². The first kappa shape index (κ1) is 14.1. The molecule has 0 aliphatic rings. The molecular formula is C17H18NO2. The van der Waals surface area contributed by atoms with Crippen molar-refractivity contribution in [3.8, 4) is 0 Å². The van der Waals surface area contributed by atoms with Crippen LogP contribution in [0.4, 0.5) is 4.79 Å². The molecule has 0 saturated heterocycles. The highest BCUT2D eigenvalue weighted by Crippen LogP contribution is 2.08. The number of hydrogen-bond donors (Lipinski definition) is 0. The maximum absolute atomic E-state index is 12.0. The van der Waals surface area contributed by atoms with Gasteiger partial charge in [-0.05, 0) is 18.1 Å². The molecule has 0 N–H and O–H groups in total. The molecule has 1 radical (unpaired) electrons. The highest BCUT2D eigenvalue weighted by molar-refractivity contribution is 5.67. The second-order valence-electron chi connectivity index (χ2n) is 4.45. The van der Waals surface area contributed by atoms with Crippen LogP contribution in [0.1, 0.15) is 11.1 Å². The molecule has 3 nitrogen and oxygen atoms in total. The molecule has 20 heavy (non-hydrogen) atoms. The third-order valence-corrected chi connectivity index (χ3v) is 2.95. The number of hydrogen-bond acceptors (Lipinski definition) is 2. The molecule has 0 unspecified atom stereocenters. The van der Waals surface area contributed by atoms with Crippen LogP contribution in [-0.2, 0) is 17.9 Å². The first-order chi connectivity index (χ1) is 9.79. The van der Waals surface area contributed by atoms with E-state index < -0.39 is 0 Å². The highest BCUT2D eigenvalue weighted by Gasteiger charge is 2.13. The Kier molecular flexibility index (Phi) is 5.18. The summed E-state index contributed by atoms with van der Waals surface area (Å²) >= 11 is 0. The zero-order valence-electron chi connectivity index (χ0n) is 11.4. The smallest absolute Gasteiger partial charge is 0.410 e. The Morgan fingerprint density at radius 2 is 1.50 bits per heavy atom. The molecule has 0 aromatic heterocycles. The van der Waals surface area contributed by atoms with Crippen molar-refractivity contribution in [2.75, 3.05) is 6.54 Å². The summed E-state index contributed by atoms with van der Waals surface area (Å²) in [6.45, 7) is 4.96. The minimum absolute atomic E-state index is 0.283. The number of carbonyl (C=O) groups is 1. The van der Waals surface area contributed by atoms with Crippen LogP contribution in [-0.4, -0.2) is 17.5 Å². The van der Waals surface area contributed by atoms with E-state index in [1.54, 1.807) is 4.90 Å². The van der Waals surface area contributed by atoms with E-state index >= 15 is 0 Å². The fourth-order valence-electron chi connectivity index (χ4n) is 1.85. The number of nitrogens with zero attached hydrogens (tertiary/aromatic N) is 1. The number of rotatable bonds is 5. The van der Waals surface area contributed by atoms with Crippen molar-refractivity contribution in [1.29, 1.82) is 0 Å². The lowest BCUT2D eigenvalue weighted by molar-refractivity contribution is 0.0976. The van der Waals surface area contributed by atoms with Gasteiger partial charge in [-0.25, -0.2) is 4.79 Å². The molecule has 1 amide bonds. The Morgan fingerprint density at radius 1 is 0.950 bits per heavy atom. The van der Waals surface area contributed by atoms with Gasteiger partial charge in [0.05, 0.1) is 0 Å². The standard InChI is InChI=1S/C17H18NO2/c1-2-18(13-15-9-5-3-6-10-15)17(19)20-14-16-11-7-4-8-12-16/h3-12H,1-2,13-14H2. The Morgan fingerprint density at radius 3 is 2.05 bits per heavy atom. The maximum atomic E-state index is 12.0. The molecule has 0 aliphatic heterocycles. The molecule has 3 heteroatoms. The zero-order chi connectivity index (χ0) is 14.2. The summed E-state index contributed by atoms with van der Waals surface area (Å²) in [5, 5.41) is 0. The molecule has 2 aromatic carbocycles. The van der Waals surface area contributed by atoms with E-state index in [1.807, 2.05) is 60.7 Å². The molecule has 2 aromatic rings. The number of benzene rings is 2. The lowest BCUT2D eigenvalue weighted by atomic mass is 10.2. The van der Waals surface area contributed by atoms with Crippen LogP contribution in [0.2, 0.25) is 0 Å². The Hall–Kier alpha value is -2.29. The van der Waals surface area contributed by atoms with Gasteiger partial charge in [-0.2, -0.15) is 0 Å². The number of ether oxygens (including phenoxy) is 1. The van der Waals surface area contributed by atoms with Crippen LogP contribution in [0.3, 0.4) is 0 Å². The quantitative estimate of drug-likeness (QED) is 0.828. The molecule has 0 bridgehead atoms. The first-order valence-corrected chi connectivity index (χ1v) is 6.58. The van der Waals surface area contributed by atoms with Gasteiger partial charge in [0, 0.05) is 13.1 Å². The predicted molar refractivity (Wildman–Crippen MR) is 78.8 cm³/mol. The molecule has 0 heterocycles. The summed E-state index contributed by atoms with van der Waals surface area (Å²) in [7, 11) is 0. The average Bonchev–Trinajstić information content (AvgIpc) is 2.52. The molecular weight excluding hydrogens is 250 g/mol. The van der Waals surface area contributed by atoms with Gasteiger partial charge in [-0.15, -0.1) is 0 Å².